The van der Waals surface area contributed by atoms with Gasteiger partial charge >= 0.3 is 0 Å². The fraction of sp³-hybridized carbons (Fsp3) is 0.684. The van der Waals surface area contributed by atoms with Gasteiger partial charge in [-0.1, -0.05) is 58.0 Å². The van der Waals surface area contributed by atoms with Crippen molar-refractivity contribution >= 4 is 0 Å². The fourth-order valence-corrected chi connectivity index (χ4v) is 3.16. The van der Waals surface area contributed by atoms with Crippen molar-refractivity contribution in [3.8, 4) is 0 Å². The summed E-state index contributed by atoms with van der Waals surface area (Å²) in [5.74, 6) is 0. The van der Waals surface area contributed by atoms with Crippen molar-refractivity contribution in [1.82, 2.24) is 10.2 Å². The van der Waals surface area contributed by atoms with Crippen LogP contribution in [-0.4, -0.2) is 36.1 Å². The first-order valence-electron chi connectivity index (χ1n) is 8.37. The molecule has 2 heteroatoms. The minimum atomic E-state index is 0.288. The Morgan fingerprint density at radius 2 is 1.90 bits per heavy atom. The van der Waals surface area contributed by atoms with Crippen molar-refractivity contribution in [2.75, 3.05) is 19.6 Å². The number of piperazine rings is 1. The van der Waals surface area contributed by atoms with E-state index >= 15 is 0 Å². The summed E-state index contributed by atoms with van der Waals surface area (Å²) in [6.07, 6.45) is 2.35. The molecule has 2 nitrogen and oxygen atoms in total. The molecule has 2 atom stereocenters. The average Bonchev–Trinajstić information content (AvgIpc) is 2.46. The van der Waals surface area contributed by atoms with E-state index in [2.05, 4.69) is 75.2 Å². The van der Waals surface area contributed by atoms with Gasteiger partial charge in [-0.2, -0.15) is 0 Å². The molecule has 1 saturated heterocycles. The Kier molecular flexibility index (Phi) is 5.11. The van der Waals surface area contributed by atoms with E-state index in [1.54, 1.807) is 0 Å². The highest BCUT2D eigenvalue weighted by Crippen LogP contribution is 2.29. The molecular weight excluding hydrogens is 256 g/mol. The van der Waals surface area contributed by atoms with Crippen molar-refractivity contribution in [2.45, 2.75) is 59.0 Å². The summed E-state index contributed by atoms with van der Waals surface area (Å²) in [4.78, 5) is 2.71. The summed E-state index contributed by atoms with van der Waals surface area (Å²) >= 11 is 0. The van der Waals surface area contributed by atoms with Crippen LogP contribution in [-0.2, 0) is 6.42 Å². The lowest BCUT2D eigenvalue weighted by atomic mass is 9.81. The molecule has 118 valence electrons. The van der Waals surface area contributed by atoms with Gasteiger partial charge < -0.3 is 5.32 Å². The zero-order valence-corrected chi connectivity index (χ0v) is 14.4. The van der Waals surface area contributed by atoms with E-state index in [0.29, 0.717) is 11.5 Å². The fourth-order valence-electron chi connectivity index (χ4n) is 3.16. The van der Waals surface area contributed by atoms with Gasteiger partial charge in [0.2, 0.25) is 0 Å². The Balaban J connectivity index is 2.04. The van der Waals surface area contributed by atoms with Crippen LogP contribution < -0.4 is 5.32 Å². The second kappa shape index (κ2) is 6.50. The van der Waals surface area contributed by atoms with Crippen molar-refractivity contribution in [3.05, 3.63) is 35.9 Å². The first-order chi connectivity index (χ1) is 9.85. The van der Waals surface area contributed by atoms with Gasteiger partial charge in [0, 0.05) is 31.2 Å². The smallest absolute Gasteiger partial charge is 0.0304 e. The number of nitrogens with zero attached hydrogens (tertiary/aromatic N) is 1. The van der Waals surface area contributed by atoms with Gasteiger partial charge in [0.05, 0.1) is 0 Å². The number of hydrogen-bond acceptors (Lipinski definition) is 2. The molecule has 0 radical (unpaired) electrons. The number of benzene rings is 1. The molecule has 2 unspecified atom stereocenters. The molecule has 0 amide bonds. The molecule has 1 aromatic carbocycles. The summed E-state index contributed by atoms with van der Waals surface area (Å²) in [6.45, 7) is 15.2. The maximum absolute atomic E-state index is 3.79. The van der Waals surface area contributed by atoms with E-state index < -0.39 is 0 Å². The van der Waals surface area contributed by atoms with E-state index in [-0.39, 0.29) is 5.54 Å². The van der Waals surface area contributed by atoms with Crippen molar-refractivity contribution in [1.29, 1.82) is 0 Å². The average molecular weight is 288 g/mol. The molecular formula is C19H32N2. The summed E-state index contributed by atoms with van der Waals surface area (Å²) in [5.41, 5.74) is 2.05. The Morgan fingerprint density at radius 1 is 1.24 bits per heavy atom. The third-order valence-electron chi connectivity index (χ3n) is 5.22. The van der Waals surface area contributed by atoms with Crippen molar-refractivity contribution < 1.29 is 0 Å². The molecule has 21 heavy (non-hydrogen) atoms. The predicted molar refractivity (Wildman–Crippen MR) is 91.7 cm³/mol. The van der Waals surface area contributed by atoms with E-state index in [0.717, 1.165) is 26.1 Å². The molecule has 0 bridgehead atoms. The highest BCUT2D eigenvalue weighted by molar-refractivity contribution is 5.15. The molecule has 1 fully saturated rings. The summed E-state index contributed by atoms with van der Waals surface area (Å²) in [6, 6.07) is 11.4. The summed E-state index contributed by atoms with van der Waals surface area (Å²) in [7, 11) is 0. The van der Waals surface area contributed by atoms with Crippen molar-refractivity contribution in [2.24, 2.45) is 5.41 Å². The number of rotatable bonds is 4. The molecule has 0 spiro atoms. The lowest BCUT2D eigenvalue weighted by Gasteiger charge is -2.51. The van der Waals surface area contributed by atoms with Gasteiger partial charge in [-0.25, -0.2) is 0 Å². The molecule has 1 aliphatic rings. The monoisotopic (exact) mass is 288 g/mol. The molecule has 1 aromatic rings. The van der Waals surface area contributed by atoms with Gasteiger partial charge in [0.15, 0.2) is 0 Å². The van der Waals surface area contributed by atoms with Crippen LogP contribution in [0.25, 0.3) is 0 Å². The molecule has 1 heterocycles. The van der Waals surface area contributed by atoms with Gasteiger partial charge in [-0.3, -0.25) is 4.90 Å². The third kappa shape index (κ3) is 4.08. The first kappa shape index (κ1) is 16.5. The topological polar surface area (TPSA) is 15.3 Å². The lowest BCUT2D eigenvalue weighted by molar-refractivity contribution is 0.0231. The lowest BCUT2D eigenvalue weighted by Crippen LogP contribution is -2.65. The minimum absolute atomic E-state index is 0.288. The zero-order chi connectivity index (χ0) is 15.5. The van der Waals surface area contributed by atoms with Gasteiger partial charge in [-0.05, 0) is 30.7 Å². The van der Waals surface area contributed by atoms with Crippen LogP contribution in [0.5, 0.6) is 0 Å². The Labute approximate surface area is 130 Å². The van der Waals surface area contributed by atoms with Crippen LogP contribution in [0.4, 0.5) is 0 Å². The SMILES string of the molecule is CCC1(C)CNC(C(C)(C)C)CN1CCc1ccccc1. The molecule has 2 rings (SSSR count). The largest absolute Gasteiger partial charge is 0.310 e. The molecule has 0 aliphatic carbocycles. The number of hydrogen-bond donors (Lipinski definition) is 1. The third-order valence-corrected chi connectivity index (χ3v) is 5.22. The second-order valence-electron chi connectivity index (χ2n) is 7.83. The Hall–Kier alpha value is -0.860. The van der Waals surface area contributed by atoms with Crippen molar-refractivity contribution in [3.63, 3.8) is 0 Å². The maximum Gasteiger partial charge on any atom is 0.0304 e. The van der Waals surface area contributed by atoms with Crippen LogP contribution in [0.3, 0.4) is 0 Å². The van der Waals surface area contributed by atoms with Crippen LogP contribution in [0.2, 0.25) is 0 Å². The standard InChI is InChI=1S/C19H32N2/c1-6-19(5)15-20-17(18(2,3)4)14-21(19)13-12-16-10-8-7-9-11-16/h7-11,17,20H,6,12-15H2,1-5H3. The normalized spacial score (nSPS) is 27.8. The van der Waals surface area contributed by atoms with E-state index in [1.807, 2.05) is 0 Å². The molecule has 0 aromatic heterocycles. The Bertz CT molecular complexity index is 435. The van der Waals surface area contributed by atoms with E-state index in [9.17, 15) is 0 Å². The quantitative estimate of drug-likeness (QED) is 0.908. The van der Waals surface area contributed by atoms with Gasteiger partial charge in [-0.15, -0.1) is 0 Å². The van der Waals surface area contributed by atoms with E-state index in [4.69, 9.17) is 0 Å². The minimum Gasteiger partial charge on any atom is -0.310 e. The molecule has 0 saturated carbocycles. The van der Waals surface area contributed by atoms with E-state index in [1.165, 1.54) is 12.0 Å². The van der Waals surface area contributed by atoms with Crippen LogP contribution in [0, 0.1) is 5.41 Å². The van der Waals surface area contributed by atoms with Crippen LogP contribution in [0.1, 0.15) is 46.6 Å². The zero-order valence-electron chi connectivity index (χ0n) is 14.4. The highest BCUT2D eigenvalue weighted by Gasteiger charge is 2.39. The molecule has 1 N–H and O–H groups in total. The molecule has 1 aliphatic heterocycles. The van der Waals surface area contributed by atoms with Crippen LogP contribution >= 0.6 is 0 Å². The number of nitrogens with one attached hydrogen (secondary N) is 1. The van der Waals surface area contributed by atoms with Gasteiger partial charge in [0.1, 0.15) is 0 Å². The first-order valence-corrected chi connectivity index (χ1v) is 8.37. The van der Waals surface area contributed by atoms with Gasteiger partial charge in [0.25, 0.3) is 0 Å². The predicted octanol–water partition coefficient (Wildman–Crippen LogP) is 3.72. The Morgan fingerprint density at radius 3 is 2.48 bits per heavy atom. The maximum atomic E-state index is 3.79. The summed E-state index contributed by atoms with van der Waals surface area (Å²) in [5, 5.41) is 3.79. The second-order valence-corrected chi connectivity index (χ2v) is 7.83. The summed E-state index contributed by atoms with van der Waals surface area (Å²) < 4.78 is 0. The van der Waals surface area contributed by atoms with Crippen LogP contribution in [0.15, 0.2) is 30.3 Å². The highest BCUT2D eigenvalue weighted by atomic mass is 15.3.